The van der Waals surface area contributed by atoms with Crippen LogP contribution in [0.1, 0.15) is 23.6 Å². The number of rotatable bonds is 2. The maximum Gasteiger partial charge on any atom is 0.307 e. The minimum Gasteiger partial charge on any atom is -0.491 e. The lowest BCUT2D eigenvalue weighted by molar-refractivity contribution is -0.141. The van der Waals surface area contributed by atoms with E-state index < -0.39 is 5.97 Å². The second-order valence-corrected chi connectivity index (χ2v) is 5.23. The number of fused-ring (bicyclic) bond motifs is 1. The quantitative estimate of drug-likeness (QED) is 0.861. The van der Waals surface area contributed by atoms with Crippen LogP contribution in [0.15, 0.2) is 12.1 Å². The van der Waals surface area contributed by atoms with Crippen molar-refractivity contribution >= 4 is 17.6 Å². The Kier molecular flexibility index (Phi) is 2.92. The molecule has 0 aliphatic carbocycles. The van der Waals surface area contributed by atoms with Crippen molar-refractivity contribution in [3.8, 4) is 5.75 Å². The summed E-state index contributed by atoms with van der Waals surface area (Å²) in [5.74, 6) is -0.257. The molecule has 0 aromatic heterocycles. The van der Waals surface area contributed by atoms with Crippen molar-refractivity contribution in [2.45, 2.75) is 18.9 Å². The van der Waals surface area contributed by atoms with Gasteiger partial charge in [-0.25, -0.2) is 0 Å². The molecule has 0 spiro atoms. The third-order valence-corrected chi connectivity index (χ3v) is 3.92. The van der Waals surface area contributed by atoms with E-state index in [1.165, 1.54) is 0 Å². The first-order chi connectivity index (χ1) is 8.65. The Morgan fingerprint density at radius 3 is 3.06 bits per heavy atom. The van der Waals surface area contributed by atoms with Crippen LogP contribution in [0, 0.1) is 5.92 Å². The molecule has 2 unspecified atom stereocenters. The van der Waals surface area contributed by atoms with Crippen LogP contribution in [0.5, 0.6) is 5.75 Å². The second-order valence-electron chi connectivity index (χ2n) is 4.82. The van der Waals surface area contributed by atoms with Gasteiger partial charge in [-0.1, -0.05) is 17.7 Å². The molecule has 0 radical (unpaired) electrons. The monoisotopic (exact) mass is 267 g/mol. The van der Waals surface area contributed by atoms with Crippen molar-refractivity contribution in [2.24, 2.45) is 5.92 Å². The average Bonchev–Trinajstić information content (AvgIpc) is 2.97. The maximum atomic E-state index is 10.9. The summed E-state index contributed by atoms with van der Waals surface area (Å²) in [6, 6.07) is 4.04. The first kappa shape index (κ1) is 11.8. The van der Waals surface area contributed by atoms with Gasteiger partial charge in [-0.2, -0.15) is 0 Å². The summed E-state index contributed by atoms with van der Waals surface area (Å²) in [6.07, 6.45) is 1.49. The van der Waals surface area contributed by atoms with Crippen LogP contribution in [-0.4, -0.2) is 24.2 Å². The third kappa shape index (κ3) is 1.95. The van der Waals surface area contributed by atoms with Gasteiger partial charge >= 0.3 is 5.97 Å². The number of halogens is 1. The van der Waals surface area contributed by atoms with Crippen LogP contribution in [0.3, 0.4) is 0 Å². The van der Waals surface area contributed by atoms with E-state index >= 15 is 0 Å². The van der Waals surface area contributed by atoms with Crippen molar-refractivity contribution in [1.82, 2.24) is 5.32 Å². The summed E-state index contributed by atoms with van der Waals surface area (Å²) < 4.78 is 5.46. The van der Waals surface area contributed by atoms with Gasteiger partial charge in [0, 0.05) is 19.0 Å². The van der Waals surface area contributed by atoms with Gasteiger partial charge in [-0.15, -0.1) is 0 Å². The molecular formula is C13H14ClNO3. The van der Waals surface area contributed by atoms with Crippen LogP contribution in [-0.2, 0) is 11.2 Å². The fourth-order valence-electron chi connectivity index (χ4n) is 2.66. The fraction of sp³-hybridized carbons (Fsp3) is 0.462. The van der Waals surface area contributed by atoms with Gasteiger partial charge in [0.25, 0.3) is 0 Å². The van der Waals surface area contributed by atoms with E-state index in [-0.39, 0.29) is 12.0 Å². The van der Waals surface area contributed by atoms with Crippen molar-refractivity contribution in [1.29, 1.82) is 0 Å². The number of hydrogen-bond donors (Lipinski definition) is 2. The van der Waals surface area contributed by atoms with Gasteiger partial charge < -0.3 is 15.2 Å². The highest BCUT2D eigenvalue weighted by molar-refractivity contribution is 6.32. The topological polar surface area (TPSA) is 58.6 Å². The number of hydrogen-bond acceptors (Lipinski definition) is 3. The number of nitrogens with one attached hydrogen (secondary N) is 1. The van der Waals surface area contributed by atoms with E-state index in [1.807, 2.05) is 6.07 Å². The lowest BCUT2D eigenvalue weighted by Crippen LogP contribution is -2.17. The smallest absolute Gasteiger partial charge is 0.307 e. The molecule has 18 heavy (non-hydrogen) atoms. The largest absolute Gasteiger partial charge is 0.491 e. The molecule has 96 valence electrons. The Morgan fingerprint density at radius 1 is 1.50 bits per heavy atom. The molecule has 2 heterocycles. The molecule has 2 aliphatic rings. The average molecular weight is 268 g/mol. The normalized spacial score (nSPS) is 25.8. The number of aliphatic carboxylic acids is 1. The van der Waals surface area contributed by atoms with Gasteiger partial charge in [-0.3, -0.25) is 4.79 Å². The van der Waals surface area contributed by atoms with E-state index in [1.54, 1.807) is 0 Å². The lowest BCUT2D eigenvalue weighted by Gasteiger charge is -2.13. The number of carboxylic acid groups (broad SMARTS) is 1. The Morgan fingerprint density at radius 2 is 2.33 bits per heavy atom. The van der Waals surface area contributed by atoms with E-state index in [9.17, 15) is 4.79 Å². The molecule has 1 fully saturated rings. The minimum atomic E-state index is -0.736. The lowest BCUT2D eigenvalue weighted by atomic mass is 9.98. The van der Waals surface area contributed by atoms with Crippen LogP contribution >= 0.6 is 11.6 Å². The van der Waals surface area contributed by atoms with Gasteiger partial charge in [0.05, 0.1) is 17.5 Å². The van der Waals surface area contributed by atoms with E-state index in [0.29, 0.717) is 24.6 Å². The number of benzene rings is 1. The molecule has 0 amide bonds. The Balaban J connectivity index is 1.86. The van der Waals surface area contributed by atoms with Crippen LogP contribution in [0.2, 0.25) is 5.02 Å². The Hall–Kier alpha value is -1.26. The summed E-state index contributed by atoms with van der Waals surface area (Å²) in [4.78, 5) is 10.9. The van der Waals surface area contributed by atoms with Gasteiger partial charge in [0.1, 0.15) is 5.75 Å². The molecule has 2 atom stereocenters. The van der Waals surface area contributed by atoms with Gasteiger partial charge in [0.2, 0.25) is 0 Å². The summed E-state index contributed by atoms with van der Waals surface area (Å²) in [6.45, 7) is 1.19. The number of carbonyl (C=O) groups is 1. The van der Waals surface area contributed by atoms with Crippen LogP contribution < -0.4 is 10.1 Å². The standard InChI is InChI=1S/C13H14ClNO3/c14-10-4-8(3-7-1-2-18-12(7)10)11-5-9(6-15-11)13(16)17/h3-4,9,11,15H,1-2,5-6H2,(H,16,17). The predicted octanol–water partition coefficient (Wildman–Crippen LogP) is 2.01. The van der Waals surface area contributed by atoms with E-state index in [0.717, 1.165) is 23.3 Å². The van der Waals surface area contributed by atoms with Gasteiger partial charge in [0.15, 0.2) is 0 Å². The molecule has 1 aromatic rings. The SMILES string of the molecule is O=C(O)C1CNC(c2cc(Cl)c3c(c2)CCO3)C1. The van der Waals surface area contributed by atoms with E-state index in [4.69, 9.17) is 21.4 Å². The zero-order chi connectivity index (χ0) is 12.7. The first-order valence-electron chi connectivity index (χ1n) is 6.06. The number of carboxylic acids is 1. The molecule has 1 saturated heterocycles. The zero-order valence-corrected chi connectivity index (χ0v) is 10.5. The molecular weight excluding hydrogens is 254 g/mol. The molecule has 1 aromatic carbocycles. The molecule has 5 heteroatoms. The Bertz CT molecular complexity index is 503. The molecule has 3 rings (SSSR count). The van der Waals surface area contributed by atoms with Gasteiger partial charge in [-0.05, 0) is 23.6 Å². The highest BCUT2D eigenvalue weighted by Gasteiger charge is 2.31. The zero-order valence-electron chi connectivity index (χ0n) is 9.78. The van der Waals surface area contributed by atoms with E-state index in [2.05, 4.69) is 11.4 Å². The summed E-state index contributed by atoms with van der Waals surface area (Å²) >= 11 is 6.18. The molecule has 0 bridgehead atoms. The summed E-state index contributed by atoms with van der Waals surface area (Å²) in [7, 11) is 0. The summed E-state index contributed by atoms with van der Waals surface area (Å²) in [5.41, 5.74) is 2.19. The number of ether oxygens (including phenoxy) is 1. The van der Waals surface area contributed by atoms with Crippen molar-refractivity contribution < 1.29 is 14.6 Å². The Labute approximate surface area is 110 Å². The predicted molar refractivity (Wildman–Crippen MR) is 67.1 cm³/mol. The first-order valence-corrected chi connectivity index (χ1v) is 6.44. The third-order valence-electron chi connectivity index (χ3n) is 3.64. The fourth-order valence-corrected chi connectivity index (χ4v) is 2.96. The van der Waals surface area contributed by atoms with Crippen LogP contribution in [0.25, 0.3) is 0 Å². The minimum absolute atomic E-state index is 0.0782. The van der Waals surface area contributed by atoms with Crippen LogP contribution in [0.4, 0.5) is 0 Å². The van der Waals surface area contributed by atoms with Crippen molar-refractivity contribution in [2.75, 3.05) is 13.2 Å². The maximum absolute atomic E-state index is 10.9. The van der Waals surface area contributed by atoms with Crippen molar-refractivity contribution in [3.63, 3.8) is 0 Å². The molecule has 2 N–H and O–H groups in total. The second kappa shape index (κ2) is 4.44. The molecule has 4 nitrogen and oxygen atoms in total. The molecule has 0 saturated carbocycles. The van der Waals surface area contributed by atoms with Crippen molar-refractivity contribution in [3.05, 3.63) is 28.3 Å². The highest BCUT2D eigenvalue weighted by Crippen LogP contribution is 2.38. The summed E-state index contributed by atoms with van der Waals surface area (Å²) in [5, 5.41) is 12.9. The molecule has 2 aliphatic heterocycles. The highest BCUT2D eigenvalue weighted by atomic mass is 35.5.